The zero-order valence-electron chi connectivity index (χ0n) is 22.0. The maximum absolute atomic E-state index is 13.8. The molecule has 3 heterocycles. The van der Waals surface area contributed by atoms with E-state index in [4.69, 9.17) is 11.6 Å². The van der Waals surface area contributed by atoms with Crippen molar-refractivity contribution < 1.29 is 26.4 Å². The molecule has 7 nitrogen and oxygen atoms in total. The second-order valence-corrected chi connectivity index (χ2v) is 12.5. The molecule has 1 amide bonds. The number of hydrogen-bond donors (Lipinski definition) is 0. The van der Waals surface area contributed by atoms with Crippen molar-refractivity contribution in [3.8, 4) is 5.69 Å². The number of carbonyl (C=O) groups is 1. The lowest BCUT2D eigenvalue weighted by Crippen LogP contribution is -2.44. The normalized spacial score (nSPS) is 18.2. The molecule has 3 aromatic rings. The number of aromatic nitrogens is 2. The van der Waals surface area contributed by atoms with E-state index in [-0.39, 0.29) is 46.9 Å². The fraction of sp³-hybridized carbons (Fsp3) is 0.429. The van der Waals surface area contributed by atoms with Gasteiger partial charge in [0.25, 0.3) is 0 Å². The average molecular weight is 595 g/mol. The van der Waals surface area contributed by atoms with Gasteiger partial charge in [0, 0.05) is 24.6 Å². The van der Waals surface area contributed by atoms with Gasteiger partial charge in [-0.25, -0.2) is 13.1 Å². The smallest absolute Gasteiger partial charge is 0.332 e. The quantitative estimate of drug-likeness (QED) is 0.331. The monoisotopic (exact) mass is 594 g/mol. The number of alkyl halides is 3. The van der Waals surface area contributed by atoms with Gasteiger partial charge in [-0.05, 0) is 56.4 Å². The molecule has 1 saturated heterocycles. The molecular formula is C28H30ClF3N4O3S. The van der Waals surface area contributed by atoms with E-state index in [0.29, 0.717) is 42.8 Å². The number of nitrogens with zero attached hydrogens (tertiary/aromatic N) is 4. The van der Waals surface area contributed by atoms with Gasteiger partial charge >= 0.3 is 6.18 Å². The van der Waals surface area contributed by atoms with Gasteiger partial charge in [0.2, 0.25) is 15.9 Å². The summed E-state index contributed by atoms with van der Waals surface area (Å²) in [6, 6.07) is 13.3. The zero-order chi connectivity index (χ0) is 28.7. The molecule has 0 bridgehead atoms. The molecule has 0 saturated carbocycles. The molecule has 2 aliphatic rings. The first kappa shape index (κ1) is 28.6. The number of rotatable bonds is 7. The Morgan fingerprint density at radius 3 is 2.52 bits per heavy atom. The number of para-hydroxylation sites is 1. The summed E-state index contributed by atoms with van der Waals surface area (Å²) in [4.78, 5) is 14.7. The minimum Gasteiger partial charge on any atom is -0.332 e. The zero-order valence-corrected chi connectivity index (χ0v) is 23.6. The minimum absolute atomic E-state index is 0.0179. The van der Waals surface area contributed by atoms with E-state index in [1.165, 1.54) is 13.9 Å². The van der Waals surface area contributed by atoms with Crippen LogP contribution in [0.3, 0.4) is 0 Å². The van der Waals surface area contributed by atoms with Crippen molar-refractivity contribution in [1.29, 1.82) is 0 Å². The molecule has 1 fully saturated rings. The van der Waals surface area contributed by atoms with Crippen molar-refractivity contribution in [2.75, 3.05) is 6.54 Å². The number of carbonyl (C=O) groups excluding carboxylic acids is 1. The predicted octanol–water partition coefficient (Wildman–Crippen LogP) is 6.11. The van der Waals surface area contributed by atoms with Gasteiger partial charge in [-0.15, -0.1) is 0 Å². The first-order valence-electron chi connectivity index (χ1n) is 13.3. The highest BCUT2D eigenvalue weighted by molar-refractivity contribution is 7.89. The molecule has 214 valence electrons. The summed E-state index contributed by atoms with van der Waals surface area (Å²) in [5.41, 5.74) is 0.472. The van der Waals surface area contributed by atoms with E-state index in [0.717, 1.165) is 12.8 Å². The lowest BCUT2D eigenvalue weighted by molar-refractivity contribution is -0.143. The van der Waals surface area contributed by atoms with Crippen LogP contribution in [-0.2, 0) is 34.1 Å². The van der Waals surface area contributed by atoms with Crippen molar-refractivity contribution in [3.05, 3.63) is 76.1 Å². The summed E-state index contributed by atoms with van der Waals surface area (Å²) < 4.78 is 71.2. The molecule has 1 aromatic heterocycles. The van der Waals surface area contributed by atoms with Crippen LogP contribution in [0.4, 0.5) is 13.2 Å². The third kappa shape index (κ3) is 5.51. The van der Waals surface area contributed by atoms with Crippen LogP contribution in [0.15, 0.2) is 53.4 Å². The lowest BCUT2D eigenvalue weighted by atomic mass is 9.99. The van der Waals surface area contributed by atoms with Crippen molar-refractivity contribution in [2.45, 2.75) is 75.7 Å². The second-order valence-electron chi connectivity index (χ2n) is 10.3. The van der Waals surface area contributed by atoms with Gasteiger partial charge in [-0.1, -0.05) is 48.4 Å². The summed E-state index contributed by atoms with van der Waals surface area (Å²) in [5.74, 6) is -0.267. The summed E-state index contributed by atoms with van der Waals surface area (Å²) in [6.45, 7) is 1.96. The van der Waals surface area contributed by atoms with Gasteiger partial charge in [0.1, 0.15) is 4.90 Å². The third-order valence-electron chi connectivity index (χ3n) is 7.63. The lowest BCUT2D eigenvalue weighted by Gasteiger charge is -2.35. The Hall–Kier alpha value is -2.89. The van der Waals surface area contributed by atoms with Crippen LogP contribution in [0, 0.1) is 6.92 Å². The molecule has 2 aliphatic heterocycles. The molecule has 1 atom stereocenters. The van der Waals surface area contributed by atoms with Crippen molar-refractivity contribution in [3.63, 3.8) is 0 Å². The van der Waals surface area contributed by atoms with Gasteiger partial charge in [-0.2, -0.15) is 22.6 Å². The van der Waals surface area contributed by atoms with Gasteiger partial charge in [0.05, 0.1) is 29.5 Å². The third-order valence-corrected chi connectivity index (χ3v) is 10.2. The highest BCUT2D eigenvalue weighted by Gasteiger charge is 2.43. The number of aryl methyl sites for hydroxylation is 1. The van der Waals surface area contributed by atoms with Crippen molar-refractivity contribution in [1.82, 2.24) is 19.0 Å². The number of sulfonamides is 1. The van der Waals surface area contributed by atoms with Crippen LogP contribution in [-0.4, -0.2) is 45.9 Å². The average Bonchev–Trinajstić information content (AvgIpc) is 3.49. The van der Waals surface area contributed by atoms with Crippen LogP contribution in [0.1, 0.15) is 61.0 Å². The van der Waals surface area contributed by atoms with E-state index < -0.39 is 21.9 Å². The minimum atomic E-state index is -4.64. The Kier molecular flexibility index (Phi) is 8.00. The number of amides is 1. The van der Waals surface area contributed by atoms with Gasteiger partial charge < -0.3 is 4.90 Å². The molecule has 0 radical (unpaired) electrons. The molecule has 40 heavy (non-hydrogen) atoms. The predicted molar refractivity (Wildman–Crippen MR) is 144 cm³/mol. The molecule has 5 rings (SSSR count). The number of piperidine rings is 1. The van der Waals surface area contributed by atoms with E-state index in [1.54, 1.807) is 55.5 Å². The van der Waals surface area contributed by atoms with Crippen LogP contribution in [0.5, 0.6) is 0 Å². The fourth-order valence-corrected chi connectivity index (χ4v) is 8.23. The summed E-state index contributed by atoms with van der Waals surface area (Å²) in [6.07, 6.45) is -1.34. The largest absolute Gasteiger partial charge is 0.435 e. The highest BCUT2D eigenvalue weighted by Crippen LogP contribution is 2.38. The number of halogens is 4. The van der Waals surface area contributed by atoms with Gasteiger partial charge in [0.15, 0.2) is 5.69 Å². The Morgan fingerprint density at radius 1 is 1.07 bits per heavy atom. The Labute approximate surface area is 236 Å². The topological polar surface area (TPSA) is 75.5 Å². The molecule has 0 N–H and O–H groups in total. The van der Waals surface area contributed by atoms with Crippen molar-refractivity contribution in [2.24, 2.45) is 0 Å². The highest BCUT2D eigenvalue weighted by atomic mass is 35.5. The van der Waals surface area contributed by atoms with E-state index in [9.17, 15) is 26.4 Å². The molecule has 0 spiro atoms. The van der Waals surface area contributed by atoms with E-state index in [1.807, 2.05) is 0 Å². The van der Waals surface area contributed by atoms with Crippen molar-refractivity contribution >= 4 is 27.5 Å². The molecular weight excluding hydrogens is 565 g/mol. The molecule has 12 heteroatoms. The molecule has 0 aliphatic carbocycles. The fourth-order valence-electron chi connectivity index (χ4n) is 5.71. The van der Waals surface area contributed by atoms with Crippen LogP contribution in [0.25, 0.3) is 5.69 Å². The second kappa shape index (κ2) is 11.2. The Balaban J connectivity index is 1.27. The summed E-state index contributed by atoms with van der Waals surface area (Å²) >= 11 is 6.29. The standard InChI is InChI=1S/C28H30ClF3N4O3S/c1-19-9-7-14-23(29)26(19)40(38,39)35-16-6-5-10-20(35)13-8-15-25(37)34-17-22-24(18-34)36(21-11-3-2-4-12-21)33-27(22)28(30,31)32/h2-4,7,9,11-12,14,20H,5-6,8,10,13,15-18H2,1H3. The molecule has 2 aromatic carbocycles. The maximum Gasteiger partial charge on any atom is 0.435 e. The SMILES string of the molecule is Cc1cccc(Cl)c1S(=O)(=O)N1CCCCC1CCCC(=O)N1Cc2c(C(F)(F)F)nn(-c3ccccc3)c2C1. The number of hydrogen-bond acceptors (Lipinski definition) is 4. The van der Waals surface area contributed by atoms with Crippen LogP contribution < -0.4 is 0 Å². The number of fused-ring (bicyclic) bond motifs is 1. The summed E-state index contributed by atoms with van der Waals surface area (Å²) in [7, 11) is -3.83. The van der Waals surface area contributed by atoms with Crippen LogP contribution in [0.2, 0.25) is 5.02 Å². The first-order chi connectivity index (χ1) is 19.0. The molecule has 1 unspecified atom stereocenters. The maximum atomic E-state index is 13.8. The first-order valence-corrected chi connectivity index (χ1v) is 15.1. The number of benzene rings is 2. The van der Waals surface area contributed by atoms with E-state index >= 15 is 0 Å². The van der Waals surface area contributed by atoms with E-state index in [2.05, 4.69) is 5.10 Å². The van der Waals surface area contributed by atoms with Gasteiger partial charge in [-0.3, -0.25) is 4.79 Å². The Morgan fingerprint density at radius 2 is 1.82 bits per heavy atom. The van der Waals surface area contributed by atoms with Crippen LogP contribution >= 0.6 is 11.6 Å². The Bertz CT molecular complexity index is 1490. The summed E-state index contributed by atoms with van der Waals surface area (Å²) in [5, 5.41) is 4.02.